The SMILES string of the molecule is COCCNCC(C)Sc1nc(C)cs1. The minimum Gasteiger partial charge on any atom is -0.383 e. The second-order valence-electron chi connectivity index (χ2n) is 3.38. The van der Waals surface area contributed by atoms with Crippen molar-refractivity contribution in [2.24, 2.45) is 0 Å². The predicted octanol–water partition coefficient (Wildman–Crippen LogP) is 2.17. The fourth-order valence-corrected chi connectivity index (χ4v) is 3.20. The van der Waals surface area contributed by atoms with Gasteiger partial charge in [-0.1, -0.05) is 18.7 Å². The third-order valence-electron chi connectivity index (χ3n) is 1.81. The molecule has 0 spiro atoms. The summed E-state index contributed by atoms with van der Waals surface area (Å²) in [6, 6.07) is 0. The first kappa shape index (κ1) is 13.0. The zero-order valence-corrected chi connectivity index (χ0v) is 11.1. The molecule has 0 aliphatic heterocycles. The molecule has 0 saturated carbocycles. The molecule has 3 nitrogen and oxygen atoms in total. The first-order valence-electron chi connectivity index (χ1n) is 5.01. The van der Waals surface area contributed by atoms with Gasteiger partial charge in [0.15, 0.2) is 0 Å². The molecule has 5 heteroatoms. The number of aromatic nitrogens is 1. The summed E-state index contributed by atoms with van der Waals surface area (Å²) in [5, 5.41) is 5.98. The molecule has 1 aromatic heterocycles. The Labute approximate surface area is 99.6 Å². The van der Waals surface area contributed by atoms with Gasteiger partial charge in [-0.05, 0) is 6.92 Å². The average molecular weight is 246 g/mol. The molecule has 1 aromatic rings. The van der Waals surface area contributed by atoms with Crippen LogP contribution < -0.4 is 5.32 Å². The van der Waals surface area contributed by atoms with Crippen LogP contribution >= 0.6 is 23.1 Å². The Morgan fingerprint density at radius 2 is 2.47 bits per heavy atom. The van der Waals surface area contributed by atoms with Gasteiger partial charge < -0.3 is 10.1 Å². The van der Waals surface area contributed by atoms with E-state index in [1.54, 1.807) is 18.4 Å². The highest BCUT2D eigenvalue weighted by Crippen LogP contribution is 2.25. The lowest BCUT2D eigenvalue weighted by Crippen LogP contribution is -2.26. The zero-order chi connectivity index (χ0) is 11.1. The largest absolute Gasteiger partial charge is 0.383 e. The van der Waals surface area contributed by atoms with Crippen LogP contribution in [0.5, 0.6) is 0 Å². The van der Waals surface area contributed by atoms with E-state index < -0.39 is 0 Å². The first-order chi connectivity index (χ1) is 7.22. The van der Waals surface area contributed by atoms with Crippen LogP contribution in [0.1, 0.15) is 12.6 Å². The van der Waals surface area contributed by atoms with E-state index in [1.807, 2.05) is 18.7 Å². The molecular formula is C10H18N2OS2. The van der Waals surface area contributed by atoms with E-state index in [9.17, 15) is 0 Å². The number of methoxy groups -OCH3 is 1. The summed E-state index contributed by atoms with van der Waals surface area (Å²) in [4.78, 5) is 4.42. The van der Waals surface area contributed by atoms with E-state index in [1.165, 1.54) is 0 Å². The summed E-state index contributed by atoms with van der Waals surface area (Å²) in [7, 11) is 1.72. The van der Waals surface area contributed by atoms with Crippen LogP contribution in [0.25, 0.3) is 0 Å². The number of nitrogens with one attached hydrogen (secondary N) is 1. The maximum absolute atomic E-state index is 4.97. The number of ether oxygens (including phenoxy) is 1. The standard InChI is InChI=1S/C10H18N2OS2/c1-8-7-14-10(12-8)15-9(2)6-11-4-5-13-3/h7,9,11H,4-6H2,1-3H3. The van der Waals surface area contributed by atoms with E-state index >= 15 is 0 Å². The number of rotatable bonds is 7. The molecule has 0 aromatic carbocycles. The second kappa shape index (κ2) is 7.22. The van der Waals surface area contributed by atoms with Crippen LogP contribution in [-0.4, -0.2) is 37.0 Å². The van der Waals surface area contributed by atoms with Crippen LogP contribution in [0, 0.1) is 6.92 Å². The summed E-state index contributed by atoms with van der Waals surface area (Å²) >= 11 is 3.55. The topological polar surface area (TPSA) is 34.1 Å². The molecule has 1 N–H and O–H groups in total. The summed E-state index contributed by atoms with van der Waals surface area (Å²) in [6.45, 7) is 6.92. The zero-order valence-electron chi connectivity index (χ0n) is 9.45. The lowest BCUT2D eigenvalue weighted by Gasteiger charge is -2.09. The monoisotopic (exact) mass is 246 g/mol. The maximum Gasteiger partial charge on any atom is 0.150 e. The molecule has 0 saturated heterocycles. The maximum atomic E-state index is 4.97. The number of thioether (sulfide) groups is 1. The Balaban J connectivity index is 2.15. The Kier molecular flexibility index (Phi) is 6.24. The molecule has 86 valence electrons. The van der Waals surface area contributed by atoms with E-state index in [2.05, 4.69) is 22.6 Å². The van der Waals surface area contributed by atoms with Crippen molar-refractivity contribution in [3.05, 3.63) is 11.1 Å². The smallest absolute Gasteiger partial charge is 0.150 e. The lowest BCUT2D eigenvalue weighted by atomic mass is 10.4. The molecule has 0 aliphatic rings. The van der Waals surface area contributed by atoms with Crippen molar-refractivity contribution in [1.82, 2.24) is 10.3 Å². The van der Waals surface area contributed by atoms with E-state index in [-0.39, 0.29) is 0 Å². The van der Waals surface area contributed by atoms with Crippen molar-refractivity contribution < 1.29 is 4.74 Å². The first-order valence-corrected chi connectivity index (χ1v) is 6.76. The molecule has 1 unspecified atom stereocenters. The molecule has 0 bridgehead atoms. The fourth-order valence-electron chi connectivity index (χ4n) is 1.08. The second-order valence-corrected chi connectivity index (χ2v) is 5.92. The average Bonchev–Trinajstić information content (AvgIpc) is 2.59. The molecule has 0 aliphatic carbocycles. The highest BCUT2D eigenvalue weighted by Gasteiger charge is 2.06. The van der Waals surface area contributed by atoms with Crippen molar-refractivity contribution in [3.8, 4) is 0 Å². The third kappa shape index (κ3) is 5.51. The highest BCUT2D eigenvalue weighted by atomic mass is 32.2. The molecule has 1 heterocycles. The van der Waals surface area contributed by atoms with Crippen LogP contribution in [-0.2, 0) is 4.74 Å². The van der Waals surface area contributed by atoms with E-state index in [0.717, 1.165) is 29.7 Å². The number of nitrogens with zero attached hydrogens (tertiary/aromatic N) is 1. The van der Waals surface area contributed by atoms with Crippen molar-refractivity contribution in [1.29, 1.82) is 0 Å². The van der Waals surface area contributed by atoms with Gasteiger partial charge in [0.25, 0.3) is 0 Å². The van der Waals surface area contributed by atoms with Gasteiger partial charge in [-0.2, -0.15) is 0 Å². The molecule has 0 fully saturated rings. The van der Waals surface area contributed by atoms with Crippen LogP contribution in [0.3, 0.4) is 0 Å². The third-order valence-corrected chi connectivity index (χ3v) is 4.01. The van der Waals surface area contributed by atoms with Gasteiger partial charge in [0, 0.05) is 36.5 Å². The van der Waals surface area contributed by atoms with Crippen LogP contribution in [0.2, 0.25) is 0 Å². The van der Waals surface area contributed by atoms with Gasteiger partial charge in [0.1, 0.15) is 4.34 Å². The predicted molar refractivity (Wildman–Crippen MR) is 66.9 cm³/mol. The van der Waals surface area contributed by atoms with Gasteiger partial charge >= 0.3 is 0 Å². The Morgan fingerprint density at radius 1 is 1.67 bits per heavy atom. The van der Waals surface area contributed by atoms with Crippen molar-refractivity contribution in [2.45, 2.75) is 23.4 Å². The van der Waals surface area contributed by atoms with Gasteiger partial charge in [-0.25, -0.2) is 4.98 Å². The summed E-state index contributed by atoms with van der Waals surface area (Å²) in [5.41, 5.74) is 1.11. The van der Waals surface area contributed by atoms with E-state index in [0.29, 0.717) is 5.25 Å². The summed E-state index contributed by atoms with van der Waals surface area (Å²) < 4.78 is 6.13. The lowest BCUT2D eigenvalue weighted by molar-refractivity contribution is 0.199. The van der Waals surface area contributed by atoms with Gasteiger partial charge in [-0.3, -0.25) is 0 Å². The molecule has 1 atom stereocenters. The minimum absolute atomic E-state index is 0.549. The number of hydrogen-bond acceptors (Lipinski definition) is 5. The summed E-state index contributed by atoms with van der Waals surface area (Å²) in [5.74, 6) is 0. The highest BCUT2D eigenvalue weighted by molar-refractivity contribution is 8.01. The number of aryl methyl sites for hydroxylation is 1. The van der Waals surface area contributed by atoms with Crippen LogP contribution in [0.15, 0.2) is 9.72 Å². The molecule has 0 amide bonds. The molecule has 0 radical (unpaired) electrons. The van der Waals surface area contributed by atoms with Crippen molar-refractivity contribution in [3.63, 3.8) is 0 Å². The van der Waals surface area contributed by atoms with Crippen molar-refractivity contribution in [2.75, 3.05) is 26.8 Å². The Hall–Kier alpha value is -0.100. The number of thiazole rings is 1. The van der Waals surface area contributed by atoms with Gasteiger partial charge in [0.2, 0.25) is 0 Å². The van der Waals surface area contributed by atoms with Gasteiger partial charge in [0.05, 0.1) is 6.61 Å². The number of hydrogen-bond donors (Lipinski definition) is 1. The summed E-state index contributed by atoms with van der Waals surface area (Å²) in [6.07, 6.45) is 0. The quantitative estimate of drug-likeness (QED) is 0.590. The molecule has 15 heavy (non-hydrogen) atoms. The normalized spacial score (nSPS) is 13.0. The van der Waals surface area contributed by atoms with Crippen molar-refractivity contribution >= 4 is 23.1 Å². The minimum atomic E-state index is 0.549. The fraction of sp³-hybridized carbons (Fsp3) is 0.700. The molecular weight excluding hydrogens is 228 g/mol. The molecule has 1 rings (SSSR count). The van der Waals surface area contributed by atoms with Crippen LogP contribution in [0.4, 0.5) is 0 Å². The Morgan fingerprint density at radius 3 is 3.07 bits per heavy atom. The Bertz CT molecular complexity index is 278. The van der Waals surface area contributed by atoms with Gasteiger partial charge in [-0.15, -0.1) is 11.3 Å². The van der Waals surface area contributed by atoms with E-state index in [4.69, 9.17) is 4.74 Å².